The summed E-state index contributed by atoms with van der Waals surface area (Å²) in [5.74, 6) is -2.15. The summed E-state index contributed by atoms with van der Waals surface area (Å²) in [4.78, 5) is 38.2. The Kier molecular flexibility index (Phi) is 8.90. The molecule has 6 N–H and O–H groups in total. The van der Waals surface area contributed by atoms with Crippen LogP contribution in [0.2, 0.25) is 0 Å². The number of imide groups is 1. The zero-order valence-electron chi connectivity index (χ0n) is 16.1. The van der Waals surface area contributed by atoms with Crippen LogP contribution in [-0.4, -0.2) is 47.6 Å². The Hall–Kier alpha value is -2.45. The fourth-order valence-corrected chi connectivity index (χ4v) is 2.79. The monoisotopic (exact) mass is 378 g/mol. The summed E-state index contributed by atoms with van der Waals surface area (Å²) < 4.78 is 0. The van der Waals surface area contributed by atoms with Gasteiger partial charge in [0.15, 0.2) is 0 Å². The van der Waals surface area contributed by atoms with Crippen LogP contribution in [0, 0.1) is 5.92 Å². The molecule has 0 heterocycles. The molecule has 1 rings (SSSR count). The van der Waals surface area contributed by atoms with Crippen molar-refractivity contribution in [2.75, 3.05) is 11.4 Å². The van der Waals surface area contributed by atoms with E-state index in [9.17, 15) is 19.5 Å². The van der Waals surface area contributed by atoms with Gasteiger partial charge in [0.2, 0.25) is 11.8 Å². The van der Waals surface area contributed by atoms with Gasteiger partial charge in [0.05, 0.1) is 6.04 Å². The highest BCUT2D eigenvalue weighted by molar-refractivity contribution is 6.01. The Morgan fingerprint density at radius 1 is 1.11 bits per heavy atom. The molecule has 0 fully saturated rings. The number of hydrogen-bond donors (Lipinski definition) is 4. The fourth-order valence-electron chi connectivity index (χ4n) is 2.79. The van der Waals surface area contributed by atoms with E-state index >= 15 is 0 Å². The summed E-state index contributed by atoms with van der Waals surface area (Å²) in [6, 6.07) is 6.12. The van der Waals surface area contributed by atoms with Gasteiger partial charge < -0.3 is 21.5 Å². The Bertz CT molecular complexity index is 636. The van der Waals surface area contributed by atoms with Crippen LogP contribution < -0.4 is 21.7 Å². The second-order valence-electron chi connectivity index (χ2n) is 6.94. The molecular weight excluding hydrogens is 348 g/mol. The highest BCUT2D eigenvalue weighted by Gasteiger charge is 2.34. The summed E-state index contributed by atoms with van der Waals surface area (Å²) in [6.07, 6.45) is 0.625. The van der Waals surface area contributed by atoms with Crippen molar-refractivity contribution in [2.24, 2.45) is 17.4 Å². The van der Waals surface area contributed by atoms with Gasteiger partial charge in [-0.1, -0.05) is 32.0 Å². The first-order chi connectivity index (χ1) is 12.7. The van der Waals surface area contributed by atoms with Crippen molar-refractivity contribution in [1.29, 1.82) is 0 Å². The van der Waals surface area contributed by atoms with E-state index in [1.54, 1.807) is 30.3 Å². The molecule has 0 saturated heterocycles. The number of hydrogen-bond acceptors (Lipinski definition) is 6. The number of rotatable bonds is 10. The molecule has 0 unspecified atom stereocenters. The molecule has 0 radical (unpaired) electrons. The summed E-state index contributed by atoms with van der Waals surface area (Å²) in [6.45, 7) is 5.59. The number of nitrogens with two attached hydrogens (primary N) is 2. The lowest BCUT2D eigenvalue weighted by Gasteiger charge is -2.36. The average Bonchev–Trinajstić information content (AvgIpc) is 2.61. The largest absolute Gasteiger partial charge is 0.480 e. The van der Waals surface area contributed by atoms with Gasteiger partial charge in [-0.2, -0.15) is 0 Å². The number of para-hydroxylation sites is 1. The SMILES string of the molecule is CC(C)C[C@@H](C(=O)NC(=O)[C@H](N)CCN)N(c1ccccc1)[C@H](C)C(=O)O. The first-order valence-electron chi connectivity index (χ1n) is 9.05. The van der Waals surface area contributed by atoms with Gasteiger partial charge in [0.1, 0.15) is 12.1 Å². The van der Waals surface area contributed by atoms with E-state index in [4.69, 9.17) is 11.5 Å². The number of anilines is 1. The third-order valence-corrected chi connectivity index (χ3v) is 4.22. The third kappa shape index (κ3) is 6.65. The van der Waals surface area contributed by atoms with Gasteiger partial charge >= 0.3 is 5.97 Å². The van der Waals surface area contributed by atoms with Crippen molar-refractivity contribution in [2.45, 2.75) is 51.7 Å². The van der Waals surface area contributed by atoms with Crippen LogP contribution in [0.5, 0.6) is 0 Å². The van der Waals surface area contributed by atoms with E-state index in [-0.39, 0.29) is 18.9 Å². The molecule has 8 nitrogen and oxygen atoms in total. The topological polar surface area (TPSA) is 139 Å². The smallest absolute Gasteiger partial charge is 0.326 e. The molecule has 0 aliphatic heterocycles. The van der Waals surface area contributed by atoms with E-state index in [0.29, 0.717) is 12.1 Å². The maximum atomic E-state index is 12.9. The minimum Gasteiger partial charge on any atom is -0.480 e. The van der Waals surface area contributed by atoms with Crippen LogP contribution in [0.15, 0.2) is 30.3 Å². The number of nitrogens with zero attached hydrogens (tertiary/aromatic N) is 1. The summed E-state index contributed by atoms with van der Waals surface area (Å²) >= 11 is 0. The van der Waals surface area contributed by atoms with E-state index in [1.807, 2.05) is 13.8 Å². The number of carbonyl (C=O) groups excluding carboxylic acids is 2. The first kappa shape index (κ1) is 22.6. The number of amides is 2. The van der Waals surface area contributed by atoms with Gasteiger partial charge in [-0.15, -0.1) is 0 Å². The number of nitrogens with one attached hydrogen (secondary N) is 1. The van der Waals surface area contributed by atoms with E-state index in [1.165, 1.54) is 11.8 Å². The second kappa shape index (κ2) is 10.6. The number of carboxylic acid groups (broad SMARTS) is 1. The number of benzene rings is 1. The van der Waals surface area contributed by atoms with Crippen LogP contribution >= 0.6 is 0 Å². The summed E-state index contributed by atoms with van der Waals surface area (Å²) in [5, 5.41) is 11.9. The Morgan fingerprint density at radius 2 is 1.70 bits per heavy atom. The highest BCUT2D eigenvalue weighted by atomic mass is 16.4. The van der Waals surface area contributed by atoms with Crippen molar-refractivity contribution in [1.82, 2.24) is 5.32 Å². The van der Waals surface area contributed by atoms with Crippen molar-refractivity contribution < 1.29 is 19.5 Å². The van der Waals surface area contributed by atoms with Crippen LogP contribution in [0.4, 0.5) is 5.69 Å². The Morgan fingerprint density at radius 3 is 2.19 bits per heavy atom. The van der Waals surface area contributed by atoms with Crippen molar-refractivity contribution in [3.8, 4) is 0 Å². The molecule has 3 atom stereocenters. The summed E-state index contributed by atoms with van der Waals surface area (Å²) in [7, 11) is 0. The lowest BCUT2D eigenvalue weighted by molar-refractivity contribution is -0.138. The lowest BCUT2D eigenvalue weighted by atomic mass is 9.99. The number of carbonyl (C=O) groups is 3. The highest BCUT2D eigenvalue weighted by Crippen LogP contribution is 2.24. The number of aliphatic carboxylic acids is 1. The molecule has 2 amide bonds. The zero-order valence-corrected chi connectivity index (χ0v) is 16.1. The predicted molar refractivity (Wildman–Crippen MR) is 104 cm³/mol. The van der Waals surface area contributed by atoms with Crippen LogP contribution in [0.3, 0.4) is 0 Å². The van der Waals surface area contributed by atoms with Crippen molar-refractivity contribution in [3.05, 3.63) is 30.3 Å². The molecule has 0 bridgehead atoms. The fraction of sp³-hybridized carbons (Fsp3) is 0.526. The molecule has 0 aromatic heterocycles. The Labute approximate surface area is 159 Å². The molecular formula is C19H30N4O4. The standard InChI is InChI=1S/C19H30N4O4/c1-12(2)11-16(18(25)22-17(24)15(21)9-10-20)23(13(3)19(26)27)14-7-5-4-6-8-14/h4-8,12-13,15-16H,9-11,20-21H2,1-3H3,(H,26,27)(H,22,24,25)/t13-,15-,16+/m1/s1. The molecule has 0 aliphatic rings. The maximum Gasteiger partial charge on any atom is 0.326 e. The lowest BCUT2D eigenvalue weighted by Crippen LogP contribution is -2.56. The summed E-state index contributed by atoms with van der Waals surface area (Å²) in [5.41, 5.74) is 11.7. The molecule has 0 aliphatic carbocycles. The van der Waals surface area contributed by atoms with Crippen LogP contribution in [0.1, 0.15) is 33.6 Å². The quantitative estimate of drug-likeness (QED) is 0.470. The molecule has 150 valence electrons. The van der Waals surface area contributed by atoms with Gasteiger partial charge in [-0.05, 0) is 44.4 Å². The van der Waals surface area contributed by atoms with Gasteiger partial charge in [-0.3, -0.25) is 14.9 Å². The zero-order chi connectivity index (χ0) is 20.6. The van der Waals surface area contributed by atoms with Crippen molar-refractivity contribution >= 4 is 23.5 Å². The Balaban J connectivity index is 3.20. The maximum absolute atomic E-state index is 12.9. The van der Waals surface area contributed by atoms with Crippen LogP contribution in [-0.2, 0) is 14.4 Å². The second-order valence-corrected chi connectivity index (χ2v) is 6.94. The first-order valence-corrected chi connectivity index (χ1v) is 9.05. The minimum atomic E-state index is -1.06. The molecule has 1 aromatic carbocycles. The van der Waals surface area contributed by atoms with Gasteiger partial charge in [0, 0.05) is 5.69 Å². The molecule has 1 aromatic rings. The molecule has 0 spiro atoms. The molecule has 8 heteroatoms. The van der Waals surface area contributed by atoms with Gasteiger partial charge in [0.25, 0.3) is 0 Å². The van der Waals surface area contributed by atoms with E-state index < -0.39 is 35.9 Å². The minimum absolute atomic E-state index is 0.0979. The average molecular weight is 378 g/mol. The van der Waals surface area contributed by atoms with E-state index in [2.05, 4.69) is 5.32 Å². The molecule has 0 saturated carbocycles. The molecule has 27 heavy (non-hydrogen) atoms. The van der Waals surface area contributed by atoms with E-state index in [0.717, 1.165) is 0 Å². The van der Waals surface area contributed by atoms with Crippen LogP contribution in [0.25, 0.3) is 0 Å². The number of carboxylic acids is 1. The van der Waals surface area contributed by atoms with Gasteiger partial charge in [-0.25, -0.2) is 4.79 Å². The normalized spacial score (nSPS) is 14.3. The third-order valence-electron chi connectivity index (χ3n) is 4.22. The van der Waals surface area contributed by atoms with Crippen molar-refractivity contribution in [3.63, 3.8) is 0 Å². The predicted octanol–water partition coefficient (Wildman–Crippen LogP) is 0.700.